The van der Waals surface area contributed by atoms with Crippen molar-refractivity contribution in [2.45, 2.75) is 110 Å². The van der Waals surface area contributed by atoms with Crippen molar-refractivity contribution < 1.29 is 37.4 Å². The van der Waals surface area contributed by atoms with Crippen LogP contribution < -0.4 is 4.74 Å². The van der Waals surface area contributed by atoms with Gasteiger partial charge in [-0.05, 0) is 113 Å². The van der Waals surface area contributed by atoms with Crippen molar-refractivity contribution in [1.82, 2.24) is 24.3 Å². The molecule has 2 saturated heterocycles. The molecular weight excluding hydrogens is 831 g/mol. The second-order valence-electron chi connectivity index (χ2n) is 17.0. The molecule has 0 N–H and O–H groups in total. The van der Waals surface area contributed by atoms with Gasteiger partial charge in [-0.15, -0.1) is 0 Å². The number of rotatable bonds is 21. The Morgan fingerprint density at radius 1 is 0.954 bits per heavy atom. The number of halogens is 2. The van der Waals surface area contributed by atoms with Crippen LogP contribution in [-0.2, 0) is 14.3 Å². The van der Waals surface area contributed by atoms with Gasteiger partial charge in [0.15, 0.2) is 5.78 Å². The van der Waals surface area contributed by atoms with Crippen molar-refractivity contribution in [3.05, 3.63) is 101 Å². The maximum absolute atomic E-state index is 14.3. The van der Waals surface area contributed by atoms with Crippen LogP contribution in [0.15, 0.2) is 84.4 Å². The summed E-state index contributed by atoms with van der Waals surface area (Å²) in [4.78, 5) is 60.5. The van der Waals surface area contributed by atoms with Crippen LogP contribution in [0.3, 0.4) is 0 Å². The number of pyridine rings is 1. The number of benzene rings is 2. The second kappa shape index (κ2) is 21.3. The summed E-state index contributed by atoms with van der Waals surface area (Å²) in [6, 6.07) is 13.4. The summed E-state index contributed by atoms with van der Waals surface area (Å²) in [5.74, 6) is -0.911. The third-order valence-corrected chi connectivity index (χ3v) is 12.8. The molecule has 4 aromatic rings. The fourth-order valence-corrected chi connectivity index (χ4v) is 9.20. The van der Waals surface area contributed by atoms with E-state index < -0.39 is 24.4 Å². The highest BCUT2D eigenvalue weighted by Gasteiger charge is 2.42. The second-order valence-corrected chi connectivity index (χ2v) is 17.0. The van der Waals surface area contributed by atoms with Crippen LogP contribution in [0.4, 0.5) is 8.78 Å². The van der Waals surface area contributed by atoms with Gasteiger partial charge in [-0.2, -0.15) is 14.0 Å². The number of allylic oxidation sites excluding steroid dienone is 5. The third-order valence-electron chi connectivity index (χ3n) is 12.8. The highest BCUT2D eigenvalue weighted by atomic mass is 19.3. The van der Waals surface area contributed by atoms with Crippen LogP contribution in [0.1, 0.15) is 118 Å². The number of piperidine rings is 1. The van der Waals surface area contributed by atoms with Gasteiger partial charge in [0, 0.05) is 62.2 Å². The molecule has 2 fully saturated rings. The fourth-order valence-electron chi connectivity index (χ4n) is 9.20. The van der Waals surface area contributed by atoms with Crippen LogP contribution in [0, 0.1) is 11.3 Å². The quantitative estimate of drug-likeness (QED) is 0.0344. The molecule has 1 unspecified atom stereocenters. The Kier molecular flexibility index (Phi) is 15.4. The van der Waals surface area contributed by atoms with Gasteiger partial charge in [0.2, 0.25) is 0 Å². The SMILES string of the molecule is C\C=C(/C=C(C#N)\C(=C\CC)N1CC(OC2CCN(CCCCCOc3ccc4c(c3)C(=O)N(C(CCC(=O)CC)C(C)=O)C4=O)CC2)C1)c1ccc2c3cnccc3n(C(F)F)c2c1. The molecule has 3 aliphatic heterocycles. The van der Waals surface area contributed by atoms with Crippen LogP contribution in [-0.4, -0.2) is 105 Å². The number of carbonyl (C=O) groups excluding carboxylic acids is 4. The zero-order valence-electron chi connectivity index (χ0n) is 37.7. The maximum atomic E-state index is 14.3. The summed E-state index contributed by atoms with van der Waals surface area (Å²) in [6.45, 7) is 9.04. The number of Topliss-reactive ketones (excluding diaryl/α,β-unsaturated/α-hetero) is 2. The van der Waals surface area contributed by atoms with E-state index in [1.54, 1.807) is 43.5 Å². The highest BCUT2D eigenvalue weighted by Crippen LogP contribution is 2.36. The van der Waals surface area contributed by atoms with Gasteiger partial charge >= 0.3 is 6.55 Å². The number of hydrogen-bond acceptors (Lipinski definition) is 10. The van der Waals surface area contributed by atoms with Crippen molar-refractivity contribution in [2.75, 3.05) is 39.3 Å². The van der Waals surface area contributed by atoms with Gasteiger partial charge < -0.3 is 19.3 Å². The Morgan fingerprint density at radius 2 is 1.72 bits per heavy atom. The van der Waals surface area contributed by atoms with Gasteiger partial charge in [0.1, 0.15) is 17.6 Å². The monoisotopic (exact) mass is 888 g/mol. The van der Waals surface area contributed by atoms with Gasteiger partial charge in [-0.25, -0.2) is 0 Å². The predicted octanol–water partition coefficient (Wildman–Crippen LogP) is 9.46. The number of likely N-dealkylation sites (tertiary alicyclic amines) is 2. The number of fused-ring (bicyclic) bond motifs is 4. The Labute approximate surface area is 379 Å². The van der Waals surface area contributed by atoms with E-state index in [2.05, 4.69) is 26.9 Å². The Hall–Kier alpha value is -6.04. The Balaban J connectivity index is 0.832. The number of carbonyl (C=O) groups is 4. The number of alkyl halides is 2. The van der Waals surface area contributed by atoms with Crippen LogP contribution in [0.5, 0.6) is 5.75 Å². The average Bonchev–Trinajstić information content (AvgIpc) is 3.75. The summed E-state index contributed by atoms with van der Waals surface area (Å²) in [5, 5.41) is 11.7. The number of nitriles is 1. The molecule has 0 saturated carbocycles. The molecule has 12 nitrogen and oxygen atoms in total. The van der Waals surface area contributed by atoms with Crippen molar-refractivity contribution in [2.24, 2.45) is 0 Å². The van der Waals surface area contributed by atoms with Gasteiger partial charge in [-0.1, -0.05) is 38.1 Å². The smallest absolute Gasteiger partial charge is 0.319 e. The van der Waals surface area contributed by atoms with E-state index in [4.69, 9.17) is 9.47 Å². The lowest BCUT2D eigenvalue weighted by atomic mass is 9.98. The van der Waals surface area contributed by atoms with E-state index in [-0.39, 0.29) is 47.7 Å². The average molecular weight is 889 g/mol. The van der Waals surface area contributed by atoms with E-state index in [1.807, 2.05) is 38.1 Å². The van der Waals surface area contributed by atoms with Crippen molar-refractivity contribution in [3.8, 4) is 11.8 Å². The summed E-state index contributed by atoms with van der Waals surface area (Å²) in [5.41, 5.74) is 4.17. The molecule has 65 heavy (non-hydrogen) atoms. The standard InChI is InChI=1S/C51H58F2N6O6/c1-5-11-46(36(29-54)26-34(6-2)35-12-15-41-44-30-55-21-18-47(44)58(51(52)53)48(41)27-35)57-31-40(32-57)65-38-19-23-56(24-20-38)22-9-8-10-25-64-39-14-16-42-43(28-39)50(63)59(49(42)62)45(33(4)60)17-13-37(61)7-3/h6,11-12,14-16,18,21,26-28,30,38,40,45,51H,5,7-10,13,17,19-20,22-25,31-32H2,1-4H3/b34-6+,36-26-,46-11-. The van der Waals surface area contributed by atoms with Gasteiger partial charge in [0.05, 0.1) is 58.3 Å². The van der Waals surface area contributed by atoms with Crippen LogP contribution >= 0.6 is 0 Å². The van der Waals surface area contributed by atoms with E-state index in [9.17, 15) is 33.2 Å². The predicted molar refractivity (Wildman–Crippen MR) is 245 cm³/mol. The summed E-state index contributed by atoms with van der Waals surface area (Å²) >= 11 is 0. The summed E-state index contributed by atoms with van der Waals surface area (Å²) in [6.07, 6.45) is 15.3. The minimum Gasteiger partial charge on any atom is -0.494 e. The van der Waals surface area contributed by atoms with Gasteiger partial charge in [-0.3, -0.25) is 33.6 Å². The lowest BCUT2D eigenvalue weighted by Gasteiger charge is -2.44. The molecule has 14 heteroatoms. The number of nitrogens with zero attached hydrogens (tertiary/aromatic N) is 6. The van der Waals surface area contributed by atoms with Gasteiger partial charge in [0.25, 0.3) is 11.8 Å². The minimum absolute atomic E-state index is 0.0233. The molecular formula is C51H58F2N6O6. The van der Waals surface area contributed by atoms with E-state index in [0.717, 1.165) is 84.5 Å². The number of ketones is 2. The molecule has 5 heterocycles. The first kappa shape index (κ1) is 46.9. The number of hydrogen-bond donors (Lipinski definition) is 0. The topological polar surface area (TPSA) is 138 Å². The third kappa shape index (κ3) is 10.4. The largest absolute Gasteiger partial charge is 0.494 e. The first-order valence-corrected chi connectivity index (χ1v) is 22.9. The molecule has 0 bridgehead atoms. The molecule has 1 atom stereocenters. The Morgan fingerprint density at radius 3 is 2.42 bits per heavy atom. The van der Waals surface area contributed by atoms with Crippen molar-refractivity contribution >= 4 is 50.8 Å². The summed E-state index contributed by atoms with van der Waals surface area (Å²) in [7, 11) is 0. The lowest BCUT2D eigenvalue weighted by Crippen LogP contribution is -2.53. The number of unbranched alkanes of at least 4 members (excludes halogenated alkanes) is 2. The molecule has 0 aliphatic carbocycles. The molecule has 2 aromatic heterocycles. The highest BCUT2D eigenvalue weighted by molar-refractivity contribution is 6.23. The number of imide groups is 1. The minimum atomic E-state index is -2.72. The molecule has 2 aromatic carbocycles. The molecule has 0 radical (unpaired) electrons. The fraction of sp³-hybridized carbons (Fsp3) is 0.451. The summed E-state index contributed by atoms with van der Waals surface area (Å²) < 4.78 is 42.1. The molecule has 342 valence electrons. The normalized spacial score (nSPS) is 17.3. The van der Waals surface area contributed by atoms with E-state index >= 15 is 0 Å². The van der Waals surface area contributed by atoms with Crippen LogP contribution in [0.25, 0.3) is 27.4 Å². The molecule has 7 rings (SSSR count). The zero-order valence-corrected chi connectivity index (χ0v) is 37.7. The first-order chi connectivity index (χ1) is 31.5. The van der Waals surface area contributed by atoms with E-state index in [0.29, 0.717) is 59.2 Å². The lowest BCUT2D eigenvalue weighted by molar-refractivity contribution is -0.122. The Bertz CT molecular complexity index is 2560. The number of aromatic nitrogens is 2. The maximum Gasteiger partial charge on any atom is 0.319 e. The molecule has 3 aliphatic rings. The van der Waals surface area contributed by atoms with Crippen molar-refractivity contribution in [1.29, 1.82) is 5.26 Å². The van der Waals surface area contributed by atoms with E-state index in [1.165, 1.54) is 13.1 Å². The number of amides is 2. The van der Waals surface area contributed by atoms with Crippen LogP contribution in [0.2, 0.25) is 0 Å². The number of ether oxygens (including phenoxy) is 2. The zero-order chi connectivity index (χ0) is 46.2. The first-order valence-electron chi connectivity index (χ1n) is 22.9. The molecule has 0 spiro atoms. The van der Waals surface area contributed by atoms with Crippen molar-refractivity contribution in [3.63, 3.8) is 0 Å². The molecule has 2 amide bonds.